The Morgan fingerprint density at radius 1 is 1.22 bits per heavy atom. The van der Waals surface area contributed by atoms with Crippen LogP contribution in [0.15, 0.2) is 24.3 Å². The van der Waals surface area contributed by atoms with Crippen molar-refractivity contribution in [3.8, 4) is 23.0 Å². The number of cyclic esters (lactones) is 1. The third kappa shape index (κ3) is 2.28. The molecule has 0 spiro atoms. The number of rotatable bonds is 2. The molecule has 140 valence electrons. The van der Waals surface area contributed by atoms with Crippen molar-refractivity contribution in [1.82, 2.24) is 4.90 Å². The number of likely N-dealkylation sites (N-methyl/N-ethyl adjacent to an activating group) is 1. The molecule has 3 aliphatic rings. The van der Waals surface area contributed by atoms with Crippen molar-refractivity contribution in [3.63, 3.8) is 0 Å². The highest BCUT2D eigenvalue weighted by molar-refractivity contribution is 5.98. The van der Waals surface area contributed by atoms with E-state index in [1.54, 1.807) is 6.07 Å². The molecule has 0 radical (unpaired) electrons. The van der Waals surface area contributed by atoms with E-state index in [1.165, 1.54) is 7.11 Å². The van der Waals surface area contributed by atoms with Crippen molar-refractivity contribution in [2.24, 2.45) is 0 Å². The van der Waals surface area contributed by atoms with Crippen LogP contribution in [0.5, 0.6) is 23.0 Å². The Balaban J connectivity index is 1.63. The molecule has 7 heteroatoms. The molecule has 2 aromatic carbocycles. The van der Waals surface area contributed by atoms with Crippen LogP contribution in [0.4, 0.5) is 0 Å². The first kappa shape index (κ1) is 16.3. The summed E-state index contributed by atoms with van der Waals surface area (Å²) in [7, 11) is 3.53. The van der Waals surface area contributed by atoms with Gasteiger partial charge in [0.2, 0.25) is 6.79 Å². The van der Waals surface area contributed by atoms with E-state index in [-0.39, 0.29) is 18.6 Å². The third-order valence-corrected chi connectivity index (χ3v) is 5.57. The van der Waals surface area contributed by atoms with Crippen LogP contribution in [-0.2, 0) is 11.2 Å². The average molecular weight is 369 g/mol. The maximum atomic E-state index is 12.6. The fourth-order valence-corrected chi connectivity index (χ4v) is 4.26. The summed E-state index contributed by atoms with van der Waals surface area (Å²) in [5.41, 5.74) is 3.24. The number of ether oxygens (including phenoxy) is 4. The van der Waals surface area contributed by atoms with Gasteiger partial charge in [-0.05, 0) is 42.8 Å². The Labute approximate surface area is 156 Å². The number of methoxy groups -OCH3 is 1. The van der Waals surface area contributed by atoms with E-state index >= 15 is 0 Å². The van der Waals surface area contributed by atoms with Gasteiger partial charge in [-0.2, -0.15) is 0 Å². The molecule has 0 aliphatic carbocycles. The lowest BCUT2D eigenvalue weighted by molar-refractivity contribution is 0.00929. The predicted molar refractivity (Wildman–Crippen MR) is 94.5 cm³/mol. The smallest absolute Gasteiger partial charge is 0.343 e. The van der Waals surface area contributed by atoms with Gasteiger partial charge in [-0.25, -0.2) is 4.79 Å². The minimum atomic E-state index is -0.487. The molecule has 5 rings (SSSR count). The maximum absolute atomic E-state index is 12.6. The minimum absolute atomic E-state index is 0.0757. The Bertz CT molecular complexity index is 956. The topological polar surface area (TPSA) is 77.5 Å². The van der Waals surface area contributed by atoms with Crippen LogP contribution in [0.25, 0.3) is 0 Å². The second-order valence-corrected chi connectivity index (χ2v) is 6.99. The monoisotopic (exact) mass is 369 g/mol. The number of phenols is 1. The van der Waals surface area contributed by atoms with Crippen molar-refractivity contribution >= 4 is 5.97 Å². The summed E-state index contributed by atoms with van der Waals surface area (Å²) in [4.78, 5) is 14.8. The number of fused-ring (bicyclic) bond motifs is 4. The van der Waals surface area contributed by atoms with Gasteiger partial charge < -0.3 is 24.1 Å². The Morgan fingerprint density at radius 2 is 2.07 bits per heavy atom. The largest absolute Gasteiger partial charge is 0.504 e. The summed E-state index contributed by atoms with van der Waals surface area (Å²) >= 11 is 0. The van der Waals surface area contributed by atoms with Gasteiger partial charge in [0.25, 0.3) is 0 Å². The first-order chi connectivity index (χ1) is 13.1. The molecule has 0 saturated heterocycles. The summed E-state index contributed by atoms with van der Waals surface area (Å²) in [6.07, 6.45) is 0.340. The van der Waals surface area contributed by atoms with E-state index in [1.807, 2.05) is 25.2 Å². The second kappa shape index (κ2) is 5.79. The van der Waals surface area contributed by atoms with Gasteiger partial charge in [-0.3, -0.25) is 4.90 Å². The molecule has 1 unspecified atom stereocenters. The fourth-order valence-electron chi connectivity index (χ4n) is 4.26. The van der Waals surface area contributed by atoms with Gasteiger partial charge in [0.15, 0.2) is 23.0 Å². The van der Waals surface area contributed by atoms with Crippen molar-refractivity contribution in [1.29, 1.82) is 0 Å². The molecular formula is C20H19NO6. The minimum Gasteiger partial charge on any atom is -0.504 e. The lowest BCUT2D eigenvalue weighted by Crippen LogP contribution is -2.36. The summed E-state index contributed by atoms with van der Waals surface area (Å²) in [5, 5.41) is 10.3. The molecule has 0 fully saturated rings. The highest BCUT2D eigenvalue weighted by Crippen LogP contribution is 2.51. The molecule has 7 nitrogen and oxygen atoms in total. The van der Waals surface area contributed by atoms with E-state index in [2.05, 4.69) is 4.90 Å². The summed E-state index contributed by atoms with van der Waals surface area (Å²) < 4.78 is 21.9. The molecule has 27 heavy (non-hydrogen) atoms. The van der Waals surface area contributed by atoms with Crippen LogP contribution >= 0.6 is 0 Å². The first-order valence-corrected chi connectivity index (χ1v) is 8.82. The summed E-state index contributed by atoms with van der Waals surface area (Å²) in [5.74, 6) is 1.13. The highest BCUT2D eigenvalue weighted by atomic mass is 16.7. The number of nitrogens with zero attached hydrogens (tertiary/aromatic N) is 1. The highest BCUT2D eigenvalue weighted by Gasteiger charge is 2.44. The summed E-state index contributed by atoms with van der Waals surface area (Å²) in [6.45, 7) is 0.906. The maximum Gasteiger partial charge on any atom is 0.343 e. The average Bonchev–Trinajstić information content (AvgIpc) is 3.25. The van der Waals surface area contributed by atoms with Crippen LogP contribution in [0, 0.1) is 0 Å². The number of esters is 1. The van der Waals surface area contributed by atoms with Gasteiger partial charge >= 0.3 is 5.97 Å². The number of phenolic OH excluding ortho intramolecular Hbond substituents is 1. The van der Waals surface area contributed by atoms with Crippen LogP contribution in [0.1, 0.15) is 39.2 Å². The predicted octanol–water partition coefficient (Wildman–Crippen LogP) is 2.57. The molecule has 0 saturated carbocycles. The number of benzene rings is 2. The molecule has 3 heterocycles. The van der Waals surface area contributed by atoms with Gasteiger partial charge in [-0.1, -0.05) is 6.07 Å². The van der Waals surface area contributed by atoms with Crippen LogP contribution in [0.3, 0.4) is 0 Å². The second-order valence-electron chi connectivity index (χ2n) is 6.99. The number of carbonyl (C=O) groups excluding carboxylic acids is 1. The van der Waals surface area contributed by atoms with Gasteiger partial charge in [0.05, 0.1) is 13.2 Å². The molecule has 0 amide bonds. The molecule has 1 N–H and O–H groups in total. The molecule has 2 atom stereocenters. The molecule has 0 aromatic heterocycles. The standard InChI is InChI=1S/C20H19NO6/c1-21-6-5-10-7-15(24-2)13(22)8-12(10)17(21)18-11-3-4-14-19(26-9-25-14)16(11)20(23)27-18/h3-4,7-8,17-18,22H,5-6,9H2,1-2H3/t17?,18-/m1/s1. The molecule has 3 aliphatic heterocycles. The van der Waals surface area contributed by atoms with E-state index in [0.29, 0.717) is 22.8 Å². The van der Waals surface area contributed by atoms with Crippen molar-refractivity contribution < 1.29 is 28.8 Å². The summed E-state index contributed by atoms with van der Waals surface area (Å²) in [6, 6.07) is 7.04. The number of aromatic hydroxyl groups is 1. The molecule has 0 bridgehead atoms. The van der Waals surface area contributed by atoms with Crippen molar-refractivity contribution in [2.75, 3.05) is 27.5 Å². The van der Waals surface area contributed by atoms with E-state index in [4.69, 9.17) is 18.9 Å². The zero-order chi connectivity index (χ0) is 18.7. The van der Waals surface area contributed by atoms with Gasteiger partial charge in [0, 0.05) is 12.1 Å². The quantitative estimate of drug-likeness (QED) is 0.815. The number of hydrogen-bond donors (Lipinski definition) is 1. The number of carbonyl (C=O) groups is 1. The Hall–Kier alpha value is -2.93. The lowest BCUT2D eigenvalue weighted by Gasteiger charge is -2.37. The third-order valence-electron chi connectivity index (χ3n) is 5.57. The van der Waals surface area contributed by atoms with Crippen LogP contribution in [0.2, 0.25) is 0 Å². The SMILES string of the molecule is COc1cc2c(cc1O)C([C@@H]1OC(=O)c3c1ccc1c3OCO1)N(C)CC2. The Kier molecular flexibility index (Phi) is 3.48. The van der Waals surface area contributed by atoms with Crippen molar-refractivity contribution in [3.05, 3.63) is 46.5 Å². The zero-order valence-electron chi connectivity index (χ0n) is 15.0. The fraction of sp³-hybridized carbons (Fsp3) is 0.350. The normalized spacial score (nSPS) is 23.0. The van der Waals surface area contributed by atoms with E-state index in [9.17, 15) is 9.90 Å². The first-order valence-electron chi connectivity index (χ1n) is 8.82. The Morgan fingerprint density at radius 3 is 2.89 bits per heavy atom. The zero-order valence-corrected chi connectivity index (χ0v) is 15.0. The van der Waals surface area contributed by atoms with E-state index < -0.39 is 12.1 Å². The van der Waals surface area contributed by atoms with Crippen LogP contribution in [-0.4, -0.2) is 43.5 Å². The lowest BCUT2D eigenvalue weighted by atomic mass is 9.86. The number of hydrogen-bond acceptors (Lipinski definition) is 7. The van der Waals surface area contributed by atoms with Gasteiger partial charge in [-0.15, -0.1) is 0 Å². The molecule has 2 aromatic rings. The van der Waals surface area contributed by atoms with Crippen LogP contribution < -0.4 is 14.2 Å². The molecular weight excluding hydrogens is 350 g/mol. The van der Waals surface area contributed by atoms with E-state index in [0.717, 1.165) is 29.7 Å². The van der Waals surface area contributed by atoms with Crippen molar-refractivity contribution in [2.45, 2.75) is 18.6 Å². The van der Waals surface area contributed by atoms with Gasteiger partial charge in [0.1, 0.15) is 11.7 Å².